The largest absolute Gasteiger partial charge is 0.345 e. The van der Waals surface area contributed by atoms with E-state index in [1.54, 1.807) is 4.57 Å². The fraction of sp³-hybridized carbons (Fsp3) is 0.0625. The summed E-state index contributed by atoms with van der Waals surface area (Å²) in [5, 5.41) is 20.3. The molecule has 2 N–H and O–H groups in total. The Bertz CT molecular complexity index is 1010. The van der Waals surface area contributed by atoms with Crippen molar-refractivity contribution in [3.05, 3.63) is 79.3 Å². The number of amides is 1. The Hall–Kier alpha value is -2.85. The average Bonchev–Trinajstić information content (AvgIpc) is 3.01. The Morgan fingerprint density at radius 3 is 2.50 bits per heavy atom. The monoisotopic (exact) mass is 433 g/mol. The van der Waals surface area contributed by atoms with E-state index in [4.69, 9.17) is 12.2 Å². The number of nitro benzene ring substituents is 1. The van der Waals surface area contributed by atoms with Gasteiger partial charge in [0.05, 0.1) is 11.5 Å². The highest BCUT2D eigenvalue weighted by Crippen LogP contribution is 2.16. The van der Waals surface area contributed by atoms with Gasteiger partial charge in [-0.25, -0.2) is 0 Å². The fourth-order valence-corrected chi connectivity index (χ4v) is 2.82. The number of hydrogen-bond donors (Lipinski definition) is 2. The molecule has 0 radical (unpaired) electrons. The van der Waals surface area contributed by atoms with E-state index in [1.807, 2.05) is 24.3 Å². The normalized spacial score (nSPS) is 10.5. The quantitative estimate of drug-likeness (QED) is 0.363. The van der Waals surface area contributed by atoms with Crippen molar-refractivity contribution in [2.45, 2.75) is 6.54 Å². The summed E-state index contributed by atoms with van der Waals surface area (Å²) < 4.78 is 3.06. The third kappa shape index (κ3) is 3.86. The molecule has 26 heavy (non-hydrogen) atoms. The van der Waals surface area contributed by atoms with Crippen LogP contribution in [0.2, 0.25) is 0 Å². The van der Waals surface area contributed by atoms with Crippen LogP contribution in [0.5, 0.6) is 0 Å². The summed E-state index contributed by atoms with van der Waals surface area (Å²) in [7, 11) is 0. The third-order valence-electron chi connectivity index (χ3n) is 3.57. The zero-order valence-electron chi connectivity index (χ0n) is 13.2. The number of benzene rings is 2. The minimum absolute atomic E-state index is 0.0716. The van der Waals surface area contributed by atoms with Gasteiger partial charge in [0, 0.05) is 27.9 Å². The lowest BCUT2D eigenvalue weighted by Crippen LogP contribution is -2.24. The van der Waals surface area contributed by atoms with Crippen LogP contribution >= 0.6 is 28.1 Å². The molecule has 0 bridgehead atoms. The van der Waals surface area contributed by atoms with E-state index in [-0.39, 0.29) is 18.1 Å². The summed E-state index contributed by atoms with van der Waals surface area (Å²) >= 11 is 8.63. The minimum atomic E-state index is -0.516. The molecule has 0 aliphatic carbocycles. The number of aromatic amines is 1. The Labute approximate surface area is 161 Å². The Morgan fingerprint density at radius 2 is 1.88 bits per heavy atom. The second-order valence-corrected chi connectivity index (χ2v) is 6.55. The van der Waals surface area contributed by atoms with Gasteiger partial charge in [-0.2, -0.15) is 5.10 Å². The van der Waals surface area contributed by atoms with E-state index >= 15 is 0 Å². The maximum absolute atomic E-state index is 12.2. The molecule has 3 aromatic rings. The van der Waals surface area contributed by atoms with Crippen LogP contribution in [0.1, 0.15) is 16.2 Å². The molecule has 1 heterocycles. The summed E-state index contributed by atoms with van der Waals surface area (Å²) in [6, 6.07) is 12.9. The van der Waals surface area contributed by atoms with Crippen molar-refractivity contribution >= 4 is 39.7 Å². The van der Waals surface area contributed by atoms with Crippen molar-refractivity contribution in [2.75, 3.05) is 0 Å². The van der Waals surface area contributed by atoms with Crippen molar-refractivity contribution in [2.24, 2.45) is 0 Å². The minimum Gasteiger partial charge on any atom is -0.345 e. The number of aromatic nitrogens is 3. The van der Waals surface area contributed by atoms with Crippen LogP contribution in [-0.4, -0.2) is 25.6 Å². The Morgan fingerprint density at radius 1 is 1.23 bits per heavy atom. The second-order valence-electron chi connectivity index (χ2n) is 5.24. The van der Waals surface area contributed by atoms with Gasteiger partial charge in [0.2, 0.25) is 0 Å². The van der Waals surface area contributed by atoms with Crippen LogP contribution in [0.3, 0.4) is 0 Å². The topological polar surface area (TPSA) is 106 Å². The molecule has 0 saturated heterocycles. The predicted octanol–water partition coefficient (Wildman–Crippen LogP) is 3.53. The lowest BCUT2D eigenvalue weighted by Gasteiger charge is -2.08. The molecule has 0 spiro atoms. The van der Waals surface area contributed by atoms with E-state index in [0.29, 0.717) is 16.2 Å². The first-order valence-corrected chi connectivity index (χ1v) is 8.61. The number of carbonyl (C=O) groups is 1. The van der Waals surface area contributed by atoms with Crippen molar-refractivity contribution < 1.29 is 9.72 Å². The lowest BCUT2D eigenvalue weighted by atomic mass is 10.2. The molecule has 0 aliphatic heterocycles. The van der Waals surface area contributed by atoms with E-state index in [1.165, 1.54) is 24.3 Å². The number of non-ortho nitro benzene ring substituents is 1. The first-order valence-electron chi connectivity index (χ1n) is 7.40. The first kappa shape index (κ1) is 18.0. The van der Waals surface area contributed by atoms with Gasteiger partial charge in [0.15, 0.2) is 10.6 Å². The SMILES string of the molecule is O=C(NCc1n[nH]c(=S)n1-c1ccc(Br)cc1)c1ccc([N+](=O)[O-])cc1. The van der Waals surface area contributed by atoms with Crippen molar-refractivity contribution in [1.29, 1.82) is 0 Å². The Balaban J connectivity index is 1.76. The second kappa shape index (κ2) is 7.58. The van der Waals surface area contributed by atoms with Gasteiger partial charge in [0.25, 0.3) is 11.6 Å². The highest BCUT2D eigenvalue weighted by molar-refractivity contribution is 9.10. The van der Waals surface area contributed by atoms with Crippen molar-refractivity contribution in [3.8, 4) is 5.69 Å². The van der Waals surface area contributed by atoms with Crippen LogP contribution in [-0.2, 0) is 6.54 Å². The number of nitrogens with one attached hydrogen (secondary N) is 2. The zero-order chi connectivity index (χ0) is 18.7. The number of nitro groups is 1. The molecule has 0 atom stereocenters. The van der Waals surface area contributed by atoms with Crippen LogP contribution in [0, 0.1) is 14.9 Å². The summed E-state index contributed by atoms with van der Waals surface area (Å²) in [5.74, 6) is 0.170. The molecular formula is C16H12BrN5O3S. The molecule has 1 amide bonds. The van der Waals surface area contributed by atoms with E-state index < -0.39 is 4.92 Å². The predicted molar refractivity (Wildman–Crippen MR) is 101 cm³/mol. The third-order valence-corrected chi connectivity index (χ3v) is 4.38. The van der Waals surface area contributed by atoms with E-state index in [2.05, 4.69) is 31.4 Å². The maximum atomic E-state index is 12.2. The number of hydrogen-bond acceptors (Lipinski definition) is 5. The van der Waals surface area contributed by atoms with E-state index in [9.17, 15) is 14.9 Å². The van der Waals surface area contributed by atoms with Gasteiger partial charge >= 0.3 is 0 Å². The molecule has 0 saturated carbocycles. The highest BCUT2D eigenvalue weighted by atomic mass is 79.9. The molecule has 0 unspecified atom stereocenters. The smallest absolute Gasteiger partial charge is 0.269 e. The molecule has 132 valence electrons. The molecule has 0 aliphatic rings. The summed E-state index contributed by atoms with van der Waals surface area (Å²) in [6.07, 6.45) is 0. The number of H-pyrrole nitrogens is 1. The maximum Gasteiger partial charge on any atom is 0.269 e. The van der Waals surface area contributed by atoms with Crippen LogP contribution in [0.15, 0.2) is 53.0 Å². The Kier molecular flexibility index (Phi) is 5.24. The number of rotatable bonds is 5. The fourth-order valence-electron chi connectivity index (χ4n) is 2.30. The van der Waals surface area contributed by atoms with Crippen LogP contribution < -0.4 is 5.32 Å². The molecule has 8 nitrogen and oxygen atoms in total. The average molecular weight is 434 g/mol. The number of halogens is 1. The molecular weight excluding hydrogens is 422 g/mol. The standard InChI is InChI=1S/C16H12BrN5O3S/c17-11-3-7-12(8-4-11)21-14(19-20-16(21)26)9-18-15(23)10-1-5-13(6-2-10)22(24)25/h1-8H,9H2,(H,18,23)(H,20,26). The van der Waals surface area contributed by atoms with Gasteiger partial charge in [0.1, 0.15) is 0 Å². The lowest BCUT2D eigenvalue weighted by molar-refractivity contribution is -0.384. The van der Waals surface area contributed by atoms with Crippen molar-refractivity contribution in [3.63, 3.8) is 0 Å². The first-order chi connectivity index (χ1) is 12.5. The molecule has 10 heteroatoms. The zero-order valence-corrected chi connectivity index (χ0v) is 15.6. The van der Waals surface area contributed by atoms with Gasteiger partial charge in [-0.1, -0.05) is 15.9 Å². The summed E-state index contributed by atoms with van der Waals surface area (Å²) in [5.41, 5.74) is 1.06. The molecule has 2 aromatic carbocycles. The van der Waals surface area contributed by atoms with E-state index in [0.717, 1.165) is 10.2 Å². The molecule has 0 fully saturated rings. The van der Waals surface area contributed by atoms with Gasteiger partial charge in [-0.3, -0.25) is 24.6 Å². The van der Waals surface area contributed by atoms with Gasteiger partial charge < -0.3 is 5.32 Å². The van der Waals surface area contributed by atoms with Crippen molar-refractivity contribution in [1.82, 2.24) is 20.1 Å². The van der Waals surface area contributed by atoms with Crippen LogP contribution in [0.25, 0.3) is 5.69 Å². The number of nitrogens with zero attached hydrogens (tertiary/aromatic N) is 3. The number of carbonyl (C=O) groups excluding carboxylic acids is 1. The van der Waals surface area contributed by atoms with Gasteiger partial charge in [-0.15, -0.1) is 0 Å². The molecule has 1 aromatic heterocycles. The summed E-state index contributed by atoms with van der Waals surface area (Å²) in [4.78, 5) is 22.4. The van der Waals surface area contributed by atoms with Gasteiger partial charge in [-0.05, 0) is 48.6 Å². The highest BCUT2D eigenvalue weighted by Gasteiger charge is 2.12. The molecule has 3 rings (SSSR count). The summed E-state index contributed by atoms with van der Waals surface area (Å²) in [6.45, 7) is 0.138. The van der Waals surface area contributed by atoms with Crippen LogP contribution in [0.4, 0.5) is 5.69 Å².